The maximum Gasteiger partial charge on any atom is 0.224 e. The Balaban J connectivity index is 1.30. The lowest BCUT2D eigenvalue weighted by atomic mass is 9.88. The highest BCUT2D eigenvalue weighted by molar-refractivity contribution is 6.28. The topological polar surface area (TPSA) is 61.7 Å². The second kappa shape index (κ2) is 10.6. The molecule has 6 nitrogen and oxygen atoms in total. The van der Waals surface area contributed by atoms with Gasteiger partial charge in [-0.3, -0.25) is 4.90 Å². The number of phenols is 1. The molecule has 1 saturated heterocycles. The van der Waals surface area contributed by atoms with Crippen molar-refractivity contribution in [3.8, 4) is 11.5 Å². The first-order chi connectivity index (χ1) is 16.7. The predicted octanol–water partition coefficient (Wildman–Crippen LogP) is 5.05. The Morgan fingerprint density at radius 2 is 1.82 bits per heavy atom. The summed E-state index contributed by atoms with van der Waals surface area (Å²) in [7, 11) is 0. The molecule has 1 aromatic heterocycles. The van der Waals surface area contributed by atoms with Gasteiger partial charge in [0.05, 0.1) is 6.04 Å². The Kier molecular flexibility index (Phi) is 7.16. The summed E-state index contributed by atoms with van der Waals surface area (Å²) in [5.74, 6) is 2.04. The van der Waals surface area contributed by atoms with Crippen LogP contribution in [0.25, 0.3) is 0 Å². The number of piperidine rings is 1. The van der Waals surface area contributed by atoms with E-state index in [2.05, 4.69) is 44.0 Å². The number of benzene rings is 2. The minimum atomic E-state index is 0.0844. The Hall–Kier alpha value is -2.83. The third-order valence-electron chi connectivity index (χ3n) is 6.87. The summed E-state index contributed by atoms with van der Waals surface area (Å²) in [6.45, 7) is 4.89. The quantitative estimate of drug-likeness (QED) is 0.480. The fourth-order valence-electron chi connectivity index (χ4n) is 5.10. The van der Waals surface area contributed by atoms with Crippen molar-refractivity contribution < 1.29 is 9.84 Å². The average molecular weight is 479 g/mol. The molecule has 0 aliphatic carbocycles. The van der Waals surface area contributed by atoms with Crippen molar-refractivity contribution in [1.82, 2.24) is 14.9 Å². The van der Waals surface area contributed by atoms with Crippen molar-refractivity contribution in [1.29, 1.82) is 0 Å². The fraction of sp³-hybridized carbons (Fsp3) is 0.407. The summed E-state index contributed by atoms with van der Waals surface area (Å²) < 4.78 is 6.02. The van der Waals surface area contributed by atoms with Crippen molar-refractivity contribution in [3.63, 3.8) is 0 Å². The second-order valence-corrected chi connectivity index (χ2v) is 9.46. The minimum absolute atomic E-state index is 0.0844. The van der Waals surface area contributed by atoms with Gasteiger partial charge in [0.15, 0.2) is 0 Å². The van der Waals surface area contributed by atoms with Crippen molar-refractivity contribution in [2.24, 2.45) is 0 Å². The number of aromatic hydroxyl groups is 1. The molecular formula is C27H31ClN4O2. The van der Waals surface area contributed by atoms with Gasteiger partial charge in [0.2, 0.25) is 5.28 Å². The third kappa shape index (κ3) is 5.45. The van der Waals surface area contributed by atoms with Crippen LogP contribution in [0.2, 0.25) is 5.28 Å². The summed E-state index contributed by atoms with van der Waals surface area (Å²) in [5.41, 5.74) is 3.61. The first-order valence-corrected chi connectivity index (χ1v) is 12.5. The lowest BCUT2D eigenvalue weighted by Crippen LogP contribution is -2.37. The number of anilines is 1. The van der Waals surface area contributed by atoms with Crippen molar-refractivity contribution in [2.45, 2.75) is 38.1 Å². The first kappa shape index (κ1) is 22.9. The molecule has 1 N–H and O–H groups in total. The van der Waals surface area contributed by atoms with Gasteiger partial charge in [0.1, 0.15) is 23.9 Å². The summed E-state index contributed by atoms with van der Waals surface area (Å²) in [6.07, 6.45) is 7.31. The van der Waals surface area contributed by atoms with Gasteiger partial charge in [-0.2, -0.15) is 0 Å². The third-order valence-corrected chi connectivity index (χ3v) is 7.05. The van der Waals surface area contributed by atoms with Crippen LogP contribution in [0, 0.1) is 0 Å². The number of halogens is 1. The van der Waals surface area contributed by atoms with Gasteiger partial charge in [0, 0.05) is 19.3 Å². The highest BCUT2D eigenvalue weighted by Gasteiger charge is 2.29. The normalized spacial score (nSPS) is 18.5. The van der Waals surface area contributed by atoms with E-state index in [-0.39, 0.29) is 11.3 Å². The highest BCUT2D eigenvalue weighted by atomic mass is 35.5. The van der Waals surface area contributed by atoms with Gasteiger partial charge >= 0.3 is 0 Å². The smallest absolute Gasteiger partial charge is 0.224 e. The number of fused-ring (bicyclic) bond motifs is 1. The zero-order valence-corrected chi connectivity index (χ0v) is 20.1. The van der Waals surface area contributed by atoms with Gasteiger partial charge in [-0.15, -0.1) is 0 Å². The maximum atomic E-state index is 10.00. The molecule has 0 bridgehead atoms. The largest absolute Gasteiger partial charge is 0.508 e. The van der Waals surface area contributed by atoms with E-state index in [4.69, 9.17) is 16.3 Å². The fourth-order valence-corrected chi connectivity index (χ4v) is 5.24. The van der Waals surface area contributed by atoms with Crippen LogP contribution in [0.1, 0.15) is 42.0 Å². The molecule has 1 atom stereocenters. The van der Waals surface area contributed by atoms with Crippen LogP contribution in [0.15, 0.2) is 54.7 Å². The monoisotopic (exact) mass is 478 g/mol. The van der Waals surface area contributed by atoms with Crippen molar-refractivity contribution in [3.05, 3.63) is 76.7 Å². The van der Waals surface area contributed by atoms with Crippen LogP contribution in [0.5, 0.6) is 11.5 Å². The van der Waals surface area contributed by atoms with E-state index in [1.165, 1.54) is 49.0 Å². The Labute approximate surface area is 206 Å². The van der Waals surface area contributed by atoms with Gasteiger partial charge in [-0.25, -0.2) is 9.97 Å². The number of phenolic OH excluding ortho intramolecular Hbond substituents is 1. The van der Waals surface area contributed by atoms with E-state index >= 15 is 0 Å². The molecule has 3 heterocycles. The maximum absolute atomic E-state index is 10.00. The number of hydrogen-bond donors (Lipinski definition) is 1. The minimum Gasteiger partial charge on any atom is -0.508 e. The molecule has 34 heavy (non-hydrogen) atoms. The number of ether oxygens (including phenoxy) is 1. The summed E-state index contributed by atoms with van der Waals surface area (Å²) >= 11 is 6.10. The molecular weight excluding hydrogens is 448 g/mol. The molecule has 2 aromatic carbocycles. The lowest BCUT2D eigenvalue weighted by Gasteiger charge is -2.38. The molecule has 1 unspecified atom stereocenters. The van der Waals surface area contributed by atoms with Gasteiger partial charge in [-0.1, -0.05) is 24.6 Å². The van der Waals surface area contributed by atoms with Crippen LogP contribution in [0.3, 0.4) is 0 Å². The van der Waals surface area contributed by atoms with E-state index < -0.39 is 0 Å². The average Bonchev–Trinajstić information content (AvgIpc) is 2.86. The number of hydrogen-bond acceptors (Lipinski definition) is 6. The lowest BCUT2D eigenvalue weighted by molar-refractivity contribution is 0.183. The number of rotatable bonds is 7. The van der Waals surface area contributed by atoms with E-state index in [1.807, 2.05) is 18.2 Å². The van der Waals surface area contributed by atoms with Crippen molar-refractivity contribution in [2.75, 3.05) is 37.7 Å². The molecule has 2 aliphatic heterocycles. The van der Waals surface area contributed by atoms with E-state index in [9.17, 15) is 5.11 Å². The summed E-state index contributed by atoms with van der Waals surface area (Å²) in [4.78, 5) is 13.3. The molecule has 1 fully saturated rings. The zero-order chi connectivity index (χ0) is 23.3. The van der Waals surface area contributed by atoms with E-state index in [0.29, 0.717) is 5.75 Å². The number of nitrogens with zero attached hydrogens (tertiary/aromatic N) is 4. The first-order valence-electron chi connectivity index (χ1n) is 12.2. The molecule has 3 aromatic rings. The Morgan fingerprint density at radius 3 is 2.62 bits per heavy atom. The highest BCUT2D eigenvalue weighted by Crippen LogP contribution is 2.37. The predicted molar refractivity (Wildman–Crippen MR) is 135 cm³/mol. The molecule has 5 rings (SSSR count). The van der Waals surface area contributed by atoms with Crippen molar-refractivity contribution >= 4 is 17.4 Å². The second-order valence-electron chi connectivity index (χ2n) is 9.13. The Bertz CT molecular complexity index is 1100. The molecule has 0 spiro atoms. The number of aromatic nitrogens is 2. The molecule has 2 aliphatic rings. The van der Waals surface area contributed by atoms with Gasteiger partial charge in [-0.05, 0) is 97.4 Å². The molecule has 7 heteroatoms. The van der Waals surface area contributed by atoms with Gasteiger partial charge in [0.25, 0.3) is 0 Å². The summed E-state index contributed by atoms with van der Waals surface area (Å²) in [5, 5.41) is 10.2. The van der Waals surface area contributed by atoms with E-state index in [1.54, 1.807) is 12.3 Å². The van der Waals surface area contributed by atoms with Crippen LogP contribution >= 0.6 is 11.6 Å². The number of likely N-dealkylation sites (tertiary alicyclic amines) is 1. The SMILES string of the molecule is Oc1ccc2c(c1)CCN(c1ccnc(Cl)n1)C2Cc1ccc(OCCN2CCCCC2)cc1. The zero-order valence-electron chi connectivity index (χ0n) is 19.4. The molecule has 0 saturated carbocycles. The Morgan fingerprint density at radius 1 is 1.00 bits per heavy atom. The van der Waals surface area contributed by atoms with Crippen LogP contribution in [-0.2, 0) is 12.8 Å². The molecule has 178 valence electrons. The van der Waals surface area contributed by atoms with Crippen LogP contribution in [0.4, 0.5) is 5.82 Å². The van der Waals surface area contributed by atoms with E-state index in [0.717, 1.165) is 44.1 Å². The standard InChI is InChI=1S/C27H31ClN4O2/c28-27-29-12-10-26(30-27)32-15-11-21-19-22(33)6-9-24(21)25(32)18-20-4-7-23(8-5-20)34-17-16-31-13-2-1-3-14-31/h4-10,12,19,25,33H,1-3,11,13-18H2. The summed E-state index contributed by atoms with van der Waals surface area (Å²) in [6, 6.07) is 16.1. The van der Waals surface area contributed by atoms with Crippen LogP contribution < -0.4 is 9.64 Å². The van der Waals surface area contributed by atoms with Gasteiger partial charge < -0.3 is 14.7 Å². The van der Waals surface area contributed by atoms with Crippen LogP contribution in [-0.4, -0.2) is 52.8 Å². The molecule has 0 radical (unpaired) electrons. The molecule has 0 amide bonds.